The molecule has 0 aromatic rings. The summed E-state index contributed by atoms with van der Waals surface area (Å²) in [7, 11) is 0. The number of carbonyl (C=O) groups is 3. The number of amides is 4. The molecule has 0 aliphatic carbocycles. The molecule has 3 N–H and O–H groups in total. The monoisotopic (exact) mass is 241 g/mol. The Morgan fingerprint density at radius 1 is 1.35 bits per heavy atom. The SMILES string of the molecule is CCC(CC)C(=O)NCCC1NC(=O)NC1=O. The summed E-state index contributed by atoms with van der Waals surface area (Å²) in [4.78, 5) is 33.7. The highest BCUT2D eigenvalue weighted by molar-refractivity contribution is 6.04. The number of hydrogen-bond donors (Lipinski definition) is 3. The van der Waals surface area contributed by atoms with Gasteiger partial charge < -0.3 is 10.6 Å². The van der Waals surface area contributed by atoms with Gasteiger partial charge in [-0.3, -0.25) is 14.9 Å². The molecule has 17 heavy (non-hydrogen) atoms. The summed E-state index contributed by atoms with van der Waals surface area (Å²) in [5.74, 6) is -0.284. The van der Waals surface area contributed by atoms with Gasteiger partial charge in [-0.05, 0) is 19.3 Å². The van der Waals surface area contributed by atoms with E-state index in [1.54, 1.807) is 0 Å². The van der Waals surface area contributed by atoms with Crippen molar-refractivity contribution in [3.63, 3.8) is 0 Å². The molecule has 1 fully saturated rings. The molecule has 6 heteroatoms. The van der Waals surface area contributed by atoms with Gasteiger partial charge in [-0.2, -0.15) is 0 Å². The number of urea groups is 1. The highest BCUT2D eigenvalue weighted by Crippen LogP contribution is 2.07. The van der Waals surface area contributed by atoms with Crippen LogP contribution in [0.1, 0.15) is 33.1 Å². The summed E-state index contributed by atoms with van der Waals surface area (Å²) in [6.45, 7) is 4.34. The fourth-order valence-electron chi connectivity index (χ4n) is 1.81. The molecule has 6 nitrogen and oxygen atoms in total. The van der Waals surface area contributed by atoms with Crippen molar-refractivity contribution in [2.24, 2.45) is 5.92 Å². The maximum Gasteiger partial charge on any atom is 0.322 e. The Morgan fingerprint density at radius 2 is 2.00 bits per heavy atom. The lowest BCUT2D eigenvalue weighted by Gasteiger charge is -2.13. The molecule has 1 atom stereocenters. The van der Waals surface area contributed by atoms with Crippen LogP contribution in [0.4, 0.5) is 4.79 Å². The molecular weight excluding hydrogens is 222 g/mol. The normalized spacial score (nSPS) is 19.1. The van der Waals surface area contributed by atoms with Crippen molar-refractivity contribution in [1.29, 1.82) is 0 Å². The maximum atomic E-state index is 11.6. The molecule has 96 valence electrons. The first-order chi connectivity index (χ1) is 8.08. The minimum atomic E-state index is -0.524. The summed E-state index contributed by atoms with van der Waals surface area (Å²) in [5.41, 5.74) is 0. The van der Waals surface area contributed by atoms with Crippen LogP contribution in [0.25, 0.3) is 0 Å². The summed E-state index contributed by atoms with van der Waals surface area (Å²) < 4.78 is 0. The molecule has 1 saturated heterocycles. The Balaban J connectivity index is 2.26. The van der Waals surface area contributed by atoms with Gasteiger partial charge in [0.2, 0.25) is 5.91 Å². The van der Waals surface area contributed by atoms with Gasteiger partial charge in [-0.1, -0.05) is 13.8 Å². The van der Waals surface area contributed by atoms with E-state index in [1.807, 2.05) is 13.8 Å². The number of imide groups is 1. The van der Waals surface area contributed by atoms with Gasteiger partial charge >= 0.3 is 6.03 Å². The van der Waals surface area contributed by atoms with E-state index in [4.69, 9.17) is 0 Å². The minimum absolute atomic E-state index is 0.0136. The lowest BCUT2D eigenvalue weighted by molar-refractivity contribution is -0.125. The topological polar surface area (TPSA) is 87.3 Å². The van der Waals surface area contributed by atoms with Crippen LogP contribution in [0, 0.1) is 5.92 Å². The largest absolute Gasteiger partial charge is 0.356 e. The zero-order chi connectivity index (χ0) is 12.8. The predicted molar refractivity (Wildman–Crippen MR) is 62.2 cm³/mol. The fraction of sp³-hybridized carbons (Fsp3) is 0.727. The van der Waals surface area contributed by atoms with Crippen LogP contribution in [0.5, 0.6) is 0 Å². The van der Waals surface area contributed by atoms with E-state index in [2.05, 4.69) is 16.0 Å². The third kappa shape index (κ3) is 3.72. The van der Waals surface area contributed by atoms with E-state index in [0.717, 1.165) is 12.8 Å². The van der Waals surface area contributed by atoms with Crippen molar-refractivity contribution >= 4 is 17.8 Å². The molecule has 1 unspecified atom stereocenters. The first-order valence-electron chi connectivity index (χ1n) is 5.97. The first kappa shape index (κ1) is 13.5. The summed E-state index contributed by atoms with van der Waals surface area (Å²) >= 11 is 0. The van der Waals surface area contributed by atoms with Gasteiger partial charge in [-0.15, -0.1) is 0 Å². The van der Waals surface area contributed by atoms with Crippen molar-refractivity contribution in [2.45, 2.75) is 39.2 Å². The second-order valence-corrected chi connectivity index (χ2v) is 4.11. The van der Waals surface area contributed by atoms with Crippen molar-refractivity contribution in [3.05, 3.63) is 0 Å². The number of carbonyl (C=O) groups excluding carboxylic acids is 3. The molecular formula is C11H19N3O3. The van der Waals surface area contributed by atoms with Crippen LogP contribution in [0.3, 0.4) is 0 Å². The quantitative estimate of drug-likeness (QED) is 0.578. The van der Waals surface area contributed by atoms with Gasteiger partial charge in [0.15, 0.2) is 0 Å². The highest BCUT2D eigenvalue weighted by Gasteiger charge is 2.28. The fourth-order valence-corrected chi connectivity index (χ4v) is 1.81. The molecule has 0 saturated carbocycles. The van der Waals surface area contributed by atoms with Gasteiger partial charge in [0, 0.05) is 12.5 Å². The Hall–Kier alpha value is -1.59. The average molecular weight is 241 g/mol. The van der Waals surface area contributed by atoms with Crippen molar-refractivity contribution in [1.82, 2.24) is 16.0 Å². The van der Waals surface area contributed by atoms with E-state index < -0.39 is 12.1 Å². The third-order valence-electron chi connectivity index (χ3n) is 2.95. The molecule has 1 heterocycles. The predicted octanol–water partition coefficient (Wildman–Crippen LogP) is 0.137. The van der Waals surface area contributed by atoms with Gasteiger partial charge in [-0.25, -0.2) is 4.79 Å². The Morgan fingerprint density at radius 3 is 2.47 bits per heavy atom. The number of rotatable bonds is 6. The van der Waals surface area contributed by atoms with E-state index in [-0.39, 0.29) is 17.7 Å². The van der Waals surface area contributed by atoms with Crippen molar-refractivity contribution in [2.75, 3.05) is 6.54 Å². The minimum Gasteiger partial charge on any atom is -0.356 e. The standard InChI is InChI=1S/C11H19N3O3/c1-3-7(4-2)9(15)12-6-5-8-10(16)14-11(17)13-8/h7-8H,3-6H2,1-2H3,(H,12,15)(H2,13,14,16,17). The van der Waals surface area contributed by atoms with Crippen molar-refractivity contribution < 1.29 is 14.4 Å². The summed E-state index contributed by atoms with van der Waals surface area (Å²) in [6.07, 6.45) is 2.04. The maximum absolute atomic E-state index is 11.6. The lowest BCUT2D eigenvalue weighted by atomic mass is 10.0. The second-order valence-electron chi connectivity index (χ2n) is 4.11. The third-order valence-corrected chi connectivity index (χ3v) is 2.95. The van der Waals surface area contributed by atoms with Crippen LogP contribution in [-0.2, 0) is 9.59 Å². The van der Waals surface area contributed by atoms with Gasteiger partial charge in [0.1, 0.15) is 6.04 Å². The van der Waals surface area contributed by atoms with E-state index in [0.29, 0.717) is 13.0 Å². The first-order valence-corrected chi connectivity index (χ1v) is 5.97. The molecule has 1 rings (SSSR count). The molecule has 0 bridgehead atoms. The number of hydrogen-bond acceptors (Lipinski definition) is 3. The Labute approximate surface area is 101 Å². The molecule has 0 aromatic heterocycles. The van der Waals surface area contributed by atoms with E-state index in [1.165, 1.54) is 0 Å². The van der Waals surface area contributed by atoms with Crippen LogP contribution in [0.2, 0.25) is 0 Å². The molecule has 0 spiro atoms. The van der Waals surface area contributed by atoms with Gasteiger partial charge in [0.05, 0.1) is 0 Å². The van der Waals surface area contributed by atoms with Crippen molar-refractivity contribution in [3.8, 4) is 0 Å². The molecule has 1 aliphatic heterocycles. The lowest BCUT2D eigenvalue weighted by Crippen LogP contribution is -2.36. The average Bonchev–Trinajstić information content (AvgIpc) is 2.59. The Kier molecular flexibility index (Phi) is 4.93. The van der Waals surface area contributed by atoms with Crippen LogP contribution in [0.15, 0.2) is 0 Å². The van der Waals surface area contributed by atoms with Crippen LogP contribution < -0.4 is 16.0 Å². The summed E-state index contributed by atoms with van der Waals surface area (Å²) in [5, 5.41) is 7.41. The summed E-state index contributed by atoms with van der Waals surface area (Å²) in [6, 6.07) is -0.990. The zero-order valence-corrected chi connectivity index (χ0v) is 10.2. The number of nitrogens with one attached hydrogen (secondary N) is 3. The van der Waals surface area contributed by atoms with E-state index in [9.17, 15) is 14.4 Å². The van der Waals surface area contributed by atoms with Crippen LogP contribution >= 0.6 is 0 Å². The molecule has 4 amide bonds. The van der Waals surface area contributed by atoms with E-state index >= 15 is 0 Å². The second kappa shape index (κ2) is 6.22. The highest BCUT2D eigenvalue weighted by atomic mass is 16.2. The van der Waals surface area contributed by atoms with Gasteiger partial charge in [0.25, 0.3) is 5.91 Å². The molecule has 0 aromatic carbocycles. The zero-order valence-electron chi connectivity index (χ0n) is 10.2. The smallest absolute Gasteiger partial charge is 0.322 e. The Bertz CT molecular complexity index is 313. The van der Waals surface area contributed by atoms with Crippen LogP contribution in [-0.4, -0.2) is 30.4 Å². The molecule has 0 radical (unpaired) electrons. The molecule has 1 aliphatic rings.